The van der Waals surface area contributed by atoms with Gasteiger partial charge < -0.3 is 21.1 Å². The predicted molar refractivity (Wildman–Crippen MR) is 93.7 cm³/mol. The van der Waals surface area contributed by atoms with Crippen molar-refractivity contribution in [2.24, 2.45) is 21.5 Å². The molecule has 1 saturated heterocycles. The van der Waals surface area contributed by atoms with Gasteiger partial charge in [-0.1, -0.05) is 0 Å². The number of piperidine rings is 1. The molecule has 0 unspecified atom stereocenters. The Morgan fingerprint density at radius 2 is 1.72 bits per heavy atom. The predicted octanol–water partition coefficient (Wildman–Crippen LogP) is 2.97. The first kappa shape index (κ1) is 21.2. The number of hydrogen-bond acceptors (Lipinski definition) is 2. The number of hydrogen-bond donors (Lipinski definition) is 2. The number of alkyl halides is 4. The van der Waals surface area contributed by atoms with Gasteiger partial charge in [0.05, 0.1) is 5.69 Å². The number of guanidine groups is 2. The molecule has 0 aromatic heterocycles. The zero-order chi connectivity index (χ0) is 17.7. The Morgan fingerprint density at radius 3 is 2.24 bits per heavy atom. The van der Waals surface area contributed by atoms with E-state index in [9.17, 15) is 13.2 Å². The molecule has 25 heavy (non-hydrogen) atoms. The van der Waals surface area contributed by atoms with Crippen LogP contribution in [0.15, 0.2) is 34.3 Å². The third-order valence-electron chi connectivity index (χ3n) is 3.29. The van der Waals surface area contributed by atoms with Gasteiger partial charge in [-0.25, -0.2) is 4.99 Å². The van der Waals surface area contributed by atoms with Crippen molar-refractivity contribution < 1.29 is 17.9 Å². The lowest BCUT2D eigenvalue weighted by atomic mass is 10.1. The Hall–Kier alpha value is -1.87. The summed E-state index contributed by atoms with van der Waals surface area (Å²) in [5, 5.41) is 0.137. The molecule has 11 heteroatoms. The molecule has 1 aliphatic heterocycles. The van der Waals surface area contributed by atoms with Crippen LogP contribution in [0.2, 0.25) is 0 Å². The maximum absolute atomic E-state index is 12.1. The Balaban J connectivity index is 0.00000312. The third kappa shape index (κ3) is 7.27. The lowest BCUT2D eigenvalue weighted by molar-refractivity contribution is -0.274. The first-order valence-corrected chi connectivity index (χ1v) is 7.60. The van der Waals surface area contributed by atoms with E-state index in [4.69, 9.17) is 23.1 Å². The summed E-state index contributed by atoms with van der Waals surface area (Å²) in [5.74, 6) is -0.200. The van der Waals surface area contributed by atoms with Gasteiger partial charge in [-0.3, -0.25) is 0 Å². The Kier molecular flexibility index (Phi) is 7.62. The number of likely N-dealkylation sites (tertiary alicyclic amines) is 1. The minimum absolute atomic E-state index is 0. The molecule has 0 amide bonds. The number of nitrogens with two attached hydrogens (primary N) is 2. The molecule has 0 atom stereocenters. The fourth-order valence-corrected chi connectivity index (χ4v) is 2.34. The van der Waals surface area contributed by atoms with E-state index >= 15 is 0 Å². The molecule has 4 N–H and O–H groups in total. The van der Waals surface area contributed by atoms with Crippen LogP contribution in [0.5, 0.6) is 5.75 Å². The summed E-state index contributed by atoms with van der Waals surface area (Å²) in [5.41, 5.74) is 11.9. The largest absolute Gasteiger partial charge is 0.573 e. The first-order chi connectivity index (χ1) is 11.2. The lowest BCUT2D eigenvalue weighted by Gasteiger charge is -2.29. The van der Waals surface area contributed by atoms with Gasteiger partial charge in [0, 0.05) is 18.5 Å². The van der Waals surface area contributed by atoms with E-state index in [0.29, 0.717) is 18.8 Å². The average molecular weight is 400 g/mol. The van der Waals surface area contributed by atoms with E-state index in [1.54, 1.807) is 0 Å². The Morgan fingerprint density at radius 1 is 1.16 bits per heavy atom. The van der Waals surface area contributed by atoms with Crippen LogP contribution in [0.1, 0.15) is 12.8 Å². The average Bonchev–Trinajstić information content (AvgIpc) is 2.48. The van der Waals surface area contributed by atoms with Crippen molar-refractivity contribution in [1.29, 1.82) is 0 Å². The highest BCUT2D eigenvalue weighted by Crippen LogP contribution is 2.24. The summed E-state index contributed by atoms with van der Waals surface area (Å²) in [6.45, 7) is 1.36. The Labute approximate surface area is 154 Å². The molecule has 0 bridgehead atoms. The molecule has 1 fully saturated rings. The van der Waals surface area contributed by atoms with Crippen LogP contribution in [0.3, 0.4) is 0 Å². The van der Waals surface area contributed by atoms with E-state index in [0.717, 1.165) is 25.0 Å². The smallest absolute Gasteiger partial charge is 0.406 e. The molecule has 0 saturated carbocycles. The van der Waals surface area contributed by atoms with Crippen LogP contribution in [0, 0.1) is 0 Å². The number of halogens is 5. The zero-order valence-corrected chi connectivity index (χ0v) is 14.6. The van der Waals surface area contributed by atoms with E-state index in [2.05, 4.69) is 14.7 Å². The van der Waals surface area contributed by atoms with Crippen LogP contribution in [0.4, 0.5) is 18.9 Å². The molecule has 140 valence electrons. The van der Waals surface area contributed by atoms with Crippen molar-refractivity contribution in [2.75, 3.05) is 13.1 Å². The maximum Gasteiger partial charge on any atom is 0.573 e. The number of ether oxygens (including phenoxy) is 1. The molecule has 1 aliphatic rings. The minimum atomic E-state index is -4.74. The highest BCUT2D eigenvalue weighted by Gasteiger charge is 2.30. The lowest BCUT2D eigenvalue weighted by Crippen LogP contribution is -2.43. The second kappa shape index (κ2) is 9.00. The summed E-state index contributed by atoms with van der Waals surface area (Å²) < 4.78 is 40.0. The van der Waals surface area contributed by atoms with Gasteiger partial charge >= 0.3 is 6.36 Å². The summed E-state index contributed by atoms with van der Waals surface area (Å²) in [7, 11) is 0. The van der Waals surface area contributed by atoms with Gasteiger partial charge in [-0.05, 0) is 37.1 Å². The molecule has 0 radical (unpaired) electrons. The molecule has 1 aromatic carbocycles. The normalized spacial score (nSPS) is 17.2. The minimum Gasteiger partial charge on any atom is -0.406 e. The van der Waals surface area contributed by atoms with Crippen LogP contribution < -0.4 is 16.2 Å². The fraction of sp³-hybridized carbons (Fsp3) is 0.429. The van der Waals surface area contributed by atoms with Crippen LogP contribution in [-0.2, 0) is 0 Å². The molecule has 0 aliphatic carbocycles. The first-order valence-electron chi connectivity index (χ1n) is 7.16. The van der Waals surface area contributed by atoms with Crippen molar-refractivity contribution in [3.63, 3.8) is 0 Å². The van der Waals surface area contributed by atoms with Gasteiger partial charge in [0.1, 0.15) is 5.75 Å². The summed E-state index contributed by atoms with van der Waals surface area (Å²) in [6.07, 6.45) is -3.13. The molecule has 2 rings (SSSR count). The van der Waals surface area contributed by atoms with Crippen molar-refractivity contribution in [3.05, 3.63) is 24.3 Å². The SMILES string of the molecule is Cl.NC(=Nc1ccc(OC(F)(F)F)cc1)/N=C(/N)N1CCC(Cl)CC1. The van der Waals surface area contributed by atoms with Crippen molar-refractivity contribution in [1.82, 2.24) is 4.90 Å². The number of nitrogens with zero attached hydrogens (tertiary/aromatic N) is 3. The summed E-state index contributed by atoms with van der Waals surface area (Å²) in [4.78, 5) is 9.83. The second-order valence-corrected chi connectivity index (χ2v) is 5.76. The summed E-state index contributed by atoms with van der Waals surface area (Å²) >= 11 is 6.02. The molecule has 1 aromatic rings. The van der Waals surface area contributed by atoms with Gasteiger partial charge in [-0.15, -0.1) is 37.2 Å². The fourth-order valence-electron chi connectivity index (χ4n) is 2.14. The molecule has 6 nitrogen and oxygen atoms in total. The molecule has 1 heterocycles. The number of aliphatic imine (C=N–C) groups is 2. The van der Waals surface area contributed by atoms with Crippen molar-refractivity contribution >= 4 is 41.6 Å². The van der Waals surface area contributed by atoms with E-state index < -0.39 is 6.36 Å². The van der Waals surface area contributed by atoms with Gasteiger partial charge in [-0.2, -0.15) is 4.99 Å². The van der Waals surface area contributed by atoms with Crippen LogP contribution in [0.25, 0.3) is 0 Å². The highest BCUT2D eigenvalue weighted by molar-refractivity contribution is 6.20. The van der Waals surface area contributed by atoms with Crippen LogP contribution >= 0.6 is 24.0 Å². The van der Waals surface area contributed by atoms with E-state index in [1.165, 1.54) is 12.1 Å². The summed E-state index contributed by atoms with van der Waals surface area (Å²) in [6, 6.07) is 4.94. The van der Waals surface area contributed by atoms with Crippen LogP contribution in [-0.4, -0.2) is 41.6 Å². The van der Waals surface area contributed by atoms with Crippen molar-refractivity contribution in [3.8, 4) is 5.75 Å². The zero-order valence-electron chi connectivity index (χ0n) is 13.0. The van der Waals surface area contributed by atoms with Gasteiger partial charge in [0.2, 0.25) is 5.96 Å². The van der Waals surface area contributed by atoms with E-state index in [1.807, 2.05) is 4.90 Å². The third-order valence-corrected chi connectivity index (χ3v) is 3.73. The quantitative estimate of drug-likeness (QED) is 0.454. The second-order valence-electron chi connectivity index (χ2n) is 5.14. The maximum atomic E-state index is 12.1. The van der Waals surface area contributed by atoms with Crippen molar-refractivity contribution in [2.45, 2.75) is 24.6 Å². The number of rotatable bonds is 2. The van der Waals surface area contributed by atoms with E-state index in [-0.39, 0.29) is 35.5 Å². The topological polar surface area (TPSA) is 89.2 Å². The number of benzene rings is 1. The van der Waals surface area contributed by atoms with Gasteiger partial charge in [0.15, 0.2) is 5.96 Å². The molecular weight excluding hydrogens is 382 g/mol. The van der Waals surface area contributed by atoms with Gasteiger partial charge in [0.25, 0.3) is 0 Å². The highest BCUT2D eigenvalue weighted by atomic mass is 35.5. The monoisotopic (exact) mass is 399 g/mol. The standard InChI is InChI=1S/C14H17ClF3N5O.ClH/c15-9-5-7-23(8-6-9)13(20)22-12(19)21-10-1-3-11(4-2-10)24-14(16,17)18;/h1-4,9H,5-8H2,(H4,19,20,21,22);1H. The molecular formula is C14H18Cl2F3N5O. The Bertz CT molecular complexity index is 614. The molecule has 0 spiro atoms.